The Balaban J connectivity index is 1.24. The van der Waals surface area contributed by atoms with Crippen LogP contribution in [0, 0.1) is 29.6 Å². The molecule has 1 aromatic carbocycles. The molecule has 0 N–H and O–H groups in total. The van der Waals surface area contributed by atoms with E-state index < -0.39 is 0 Å². The molecule has 2 unspecified atom stereocenters. The van der Waals surface area contributed by atoms with Gasteiger partial charge < -0.3 is 0 Å². The van der Waals surface area contributed by atoms with Crippen molar-refractivity contribution in [3.8, 4) is 0 Å². The van der Waals surface area contributed by atoms with Crippen LogP contribution in [0.25, 0.3) is 0 Å². The molecule has 148 valence electrons. The van der Waals surface area contributed by atoms with Crippen LogP contribution in [0.2, 0.25) is 0 Å². The second-order valence-corrected chi connectivity index (χ2v) is 9.88. The minimum Gasteiger partial charge on any atom is -0.0849 e. The molecule has 0 radical (unpaired) electrons. The van der Waals surface area contributed by atoms with E-state index in [9.17, 15) is 0 Å². The SMILES string of the molecule is CCCC1CCC(C2C=CC(C3CCC(c4ccccc4)CC3)CC2)CC1. The fourth-order valence-electron chi connectivity index (χ4n) is 6.57. The molecule has 2 fully saturated rings. The van der Waals surface area contributed by atoms with Crippen LogP contribution >= 0.6 is 0 Å². The highest BCUT2D eigenvalue weighted by atomic mass is 14.4. The Morgan fingerprint density at radius 2 is 1.22 bits per heavy atom. The normalized spacial score (nSPS) is 37.2. The van der Waals surface area contributed by atoms with Crippen LogP contribution in [0.3, 0.4) is 0 Å². The van der Waals surface area contributed by atoms with Gasteiger partial charge in [-0.1, -0.05) is 75.1 Å². The Kier molecular flexibility index (Phi) is 6.74. The summed E-state index contributed by atoms with van der Waals surface area (Å²) in [6.45, 7) is 2.35. The molecular weight excluding hydrogens is 324 g/mol. The Labute approximate surface area is 167 Å². The zero-order valence-electron chi connectivity index (χ0n) is 17.5. The number of hydrogen-bond acceptors (Lipinski definition) is 0. The van der Waals surface area contributed by atoms with E-state index in [1.54, 1.807) is 5.56 Å². The molecule has 27 heavy (non-hydrogen) atoms. The van der Waals surface area contributed by atoms with Crippen molar-refractivity contribution in [1.82, 2.24) is 0 Å². The number of benzene rings is 1. The maximum Gasteiger partial charge on any atom is -0.0162 e. The molecule has 0 heteroatoms. The maximum atomic E-state index is 2.67. The van der Waals surface area contributed by atoms with Crippen molar-refractivity contribution in [3.05, 3.63) is 48.0 Å². The molecular formula is C27H40. The van der Waals surface area contributed by atoms with Crippen LogP contribution in [0.5, 0.6) is 0 Å². The number of hydrogen-bond donors (Lipinski definition) is 0. The van der Waals surface area contributed by atoms with E-state index in [-0.39, 0.29) is 0 Å². The topological polar surface area (TPSA) is 0 Å². The van der Waals surface area contributed by atoms with Crippen molar-refractivity contribution < 1.29 is 0 Å². The minimum absolute atomic E-state index is 0.820. The maximum absolute atomic E-state index is 2.67. The molecule has 3 aliphatic rings. The third-order valence-electron chi connectivity index (χ3n) is 8.28. The van der Waals surface area contributed by atoms with Crippen molar-refractivity contribution in [2.24, 2.45) is 29.6 Å². The van der Waals surface area contributed by atoms with E-state index in [0.29, 0.717) is 0 Å². The molecule has 3 aliphatic carbocycles. The van der Waals surface area contributed by atoms with Crippen LogP contribution in [0.15, 0.2) is 42.5 Å². The van der Waals surface area contributed by atoms with Gasteiger partial charge in [0.2, 0.25) is 0 Å². The monoisotopic (exact) mass is 364 g/mol. The van der Waals surface area contributed by atoms with Crippen LogP contribution in [-0.2, 0) is 0 Å². The Morgan fingerprint density at radius 3 is 1.74 bits per heavy atom. The summed E-state index contributed by atoms with van der Waals surface area (Å²) in [5, 5.41) is 0. The Morgan fingerprint density at radius 1 is 0.667 bits per heavy atom. The molecule has 0 heterocycles. The van der Waals surface area contributed by atoms with Gasteiger partial charge in [0.1, 0.15) is 0 Å². The average molecular weight is 365 g/mol. The third-order valence-corrected chi connectivity index (χ3v) is 8.28. The Bertz CT molecular complexity index is 569. The predicted molar refractivity (Wildman–Crippen MR) is 117 cm³/mol. The van der Waals surface area contributed by atoms with Crippen LogP contribution < -0.4 is 0 Å². The molecule has 0 bridgehead atoms. The smallest absolute Gasteiger partial charge is 0.0162 e. The highest BCUT2D eigenvalue weighted by Crippen LogP contribution is 2.44. The summed E-state index contributed by atoms with van der Waals surface area (Å²) in [5.41, 5.74) is 1.58. The van der Waals surface area contributed by atoms with Gasteiger partial charge in [-0.05, 0) is 92.4 Å². The van der Waals surface area contributed by atoms with Gasteiger partial charge in [0, 0.05) is 0 Å². The second-order valence-electron chi connectivity index (χ2n) is 9.88. The predicted octanol–water partition coefficient (Wildman–Crippen LogP) is 8.15. The molecule has 1 aromatic rings. The molecule has 4 rings (SSSR count). The lowest BCUT2D eigenvalue weighted by molar-refractivity contribution is 0.187. The van der Waals surface area contributed by atoms with E-state index in [1.165, 1.54) is 77.0 Å². The highest BCUT2D eigenvalue weighted by Gasteiger charge is 2.32. The van der Waals surface area contributed by atoms with E-state index in [4.69, 9.17) is 0 Å². The van der Waals surface area contributed by atoms with Crippen molar-refractivity contribution in [2.75, 3.05) is 0 Å². The van der Waals surface area contributed by atoms with Crippen molar-refractivity contribution in [1.29, 1.82) is 0 Å². The Hall–Kier alpha value is -1.04. The first-order valence-corrected chi connectivity index (χ1v) is 12.1. The van der Waals surface area contributed by atoms with Gasteiger partial charge in [-0.15, -0.1) is 0 Å². The zero-order chi connectivity index (χ0) is 18.5. The fraction of sp³-hybridized carbons (Fsp3) is 0.704. The van der Waals surface area contributed by atoms with Gasteiger partial charge in [0.25, 0.3) is 0 Å². The fourth-order valence-corrected chi connectivity index (χ4v) is 6.57. The summed E-state index contributed by atoms with van der Waals surface area (Å²) < 4.78 is 0. The van der Waals surface area contributed by atoms with Crippen molar-refractivity contribution in [3.63, 3.8) is 0 Å². The van der Waals surface area contributed by atoms with Crippen LogP contribution in [-0.4, -0.2) is 0 Å². The van der Waals surface area contributed by atoms with Gasteiger partial charge in [-0.25, -0.2) is 0 Å². The van der Waals surface area contributed by atoms with Crippen molar-refractivity contribution >= 4 is 0 Å². The van der Waals surface area contributed by atoms with E-state index in [1.807, 2.05) is 0 Å². The lowest BCUT2D eigenvalue weighted by Gasteiger charge is -2.38. The summed E-state index contributed by atoms with van der Waals surface area (Å²) in [7, 11) is 0. The molecule has 0 amide bonds. The largest absolute Gasteiger partial charge is 0.0849 e. The molecule has 0 aliphatic heterocycles. The zero-order valence-corrected chi connectivity index (χ0v) is 17.5. The summed E-state index contributed by atoms with van der Waals surface area (Å²) in [6, 6.07) is 11.2. The lowest BCUT2D eigenvalue weighted by atomic mass is 9.67. The summed E-state index contributed by atoms with van der Waals surface area (Å²) in [6.07, 6.45) is 22.9. The van der Waals surface area contributed by atoms with Gasteiger partial charge in [0.05, 0.1) is 0 Å². The van der Waals surface area contributed by atoms with Crippen molar-refractivity contribution in [2.45, 2.75) is 89.9 Å². The average Bonchev–Trinajstić information content (AvgIpc) is 2.75. The summed E-state index contributed by atoms with van der Waals surface area (Å²) in [5.74, 6) is 5.62. The molecule has 2 saturated carbocycles. The van der Waals surface area contributed by atoms with Gasteiger partial charge in [-0.3, -0.25) is 0 Å². The molecule has 2 atom stereocenters. The third kappa shape index (κ3) is 4.87. The first-order valence-electron chi connectivity index (χ1n) is 12.1. The number of allylic oxidation sites excluding steroid dienone is 2. The van der Waals surface area contributed by atoms with Gasteiger partial charge >= 0.3 is 0 Å². The summed E-state index contributed by atoms with van der Waals surface area (Å²) in [4.78, 5) is 0. The minimum atomic E-state index is 0.820. The first kappa shape index (κ1) is 19.3. The van der Waals surface area contributed by atoms with Gasteiger partial charge in [-0.2, -0.15) is 0 Å². The van der Waals surface area contributed by atoms with Crippen LogP contribution in [0.4, 0.5) is 0 Å². The molecule has 0 aromatic heterocycles. The quantitative estimate of drug-likeness (QED) is 0.462. The first-order chi connectivity index (χ1) is 13.3. The summed E-state index contributed by atoms with van der Waals surface area (Å²) >= 11 is 0. The second kappa shape index (κ2) is 9.44. The standard InChI is InChI=1S/C27H40/c1-2-6-21-9-11-23(12-10-21)25-17-19-27(20-18-25)26-15-13-24(14-16-26)22-7-4-3-5-8-22/h3-5,7-8,17,19,21,23-27H,2,6,9-16,18,20H2,1H3. The van der Waals surface area contributed by atoms with E-state index in [0.717, 1.165) is 35.5 Å². The molecule has 0 spiro atoms. The number of rotatable bonds is 5. The molecule has 0 saturated heterocycles. The van der Waals surface area contributed by atoms with Crippen LogP contribution in [0.1, 0.15) is 95.5 Å². The van der Waals surface area contributed by atoms with Gasteiger partial charge in [0.15, 0.2) is 0 Å². The van der Waals surface area contributed by atoms with E-state index >= 15 is 0 Å². The highest BCUT2D eigenvalue weighted by molar-refractivity contribution is 5.20. The molecule has 0 nitrogen and oxygen atoms in total. The lowest BCUT2D eigenvalue weighted by Crippen LogP contribution is -2.26. The van der Waals surface area contributed by atoms with E-state index in [2.05, 4.69) is 49.4 Å².